The van der Waals surface area contributed by atoms with Crippen LogP contribution in [0.25, 0.3) is 0 Å². The van der Waals surface area contributed by atoms with E-state index in [-0.39, 0.29) is 6.09 Å². The van der Waals surface area contributed by atoms with Crippen LogP contribution >= 0.6 is 61.1 Å². The van der Waals surface area contributed by atoms with Crippen LogP contribution in [0.3, 0.4) is 0 Å². The van der Waals surface area contributed by atoms with Gasteiger partial charge in [0.2, 0.25) is 0 Å². The van der Waals surface area contributed by atoms with Crippen LogP contribution in [0.15, 0.2) is 36.1 Å². The highest BCUT2D eigenvalue weighted by atomic mass is 127. The first kappa shape index (κ1) is 21.2. The summed E-state index contributed by atoms with van der Waals surface area (Å²) < 4.78 is 13.1. The van der Waals surface area contributed by atoms with Crippen molar-refractivity contribution in [3.05, 3.63) is 36.1 Å². The van der Waals surface area contributed by atoms with E-state index in [1.807, 2.05) is 45.0 Å². The molecule has 1 heterocycles. The Labute approximate surface area is 184 Å². The Morgan fingerprint density at radius 2 is 1.76 bits per heavy atom. The summed E-state index contributed by atoms with van der Waals surface area (Å²) in [7, 11) is 0. The lowest BCUT2D eigenvalue weighted by Gasteiger charge is -2.37. The van der Waals surface area contributed by atoms with E-state index >= 15 is 0 Å². The smallest absolute Gasteiger partial charge is 0.420 e. The highest BCUT2D eigenvalue weighted by Crippen LogP contribution is 2.33. The van der Waals surface area contributed by atoms with E-state index in [9.17, 15) is 4.79 Å². The summed E-state index contributed by atoms with van der Waals surface area (Å²) in [6.07, 6.45) is -0.387. The van der Waals surface area contributed by atoms with E-state index in [2.05, 4.69) is 66.0 Å². The maximum atomic E-state index is 13.0. The molecule has 1 fully saturated rings. The van der Waals surface area contributed by atoms with Crippen LogP contribution in [0.4, 0.5) is 10.5 Å². The van der Waals surface area contributed by atoms with Crippen molar-refractivity contribution >= 4 is 72.9 Å². The molecule has 0 aliphatic carbocycles. The van der Waals surface area contributed by atoms with Crippen molar-refractivity contribution in [3.63, 3.8) is 0 Å². The van der Waals surface area contributed by atoms with E-state index in [1.165, 1.54) is 0 Å². The first-order valence-electron chi connectivity index (χ1n) is 7.85. The molecule has 8 heteroatoms. The number of benzene rings is 1. The summed E-state index contributed by atoms with van der Waals surface area (Å²) >= 11 is 7.95. The average Bonchev–Trinajstić information content (AvgIpc) is 2.52. The van der Waals surface area contributed by atoms with Gasteiger partial charge in [0.15, 0.2) is 0 Å². The van der Waals surface area contributed by atoms with Crippen molar-refractivity contribution in [1.29, 1.82) is 0 Å². The molecule has 0 unspecified atom stereocenters. The quantitative estimate of drug-likeness (QED) is 0.411. The normalized spacial score (nSPS) is 14.9. The molecular weight excluding hydrogens is 614 g/mol. The fourth-order valence-electron chi connectivity index (χ4n) is 2.33. The molecule has 0 aromatic heterocycles. The summed E-state index contributed by atoms with van der Waals surface area (Å²) in [5.41, 5.74) is 0.196. The first-order chi connectivity index (χ1) is 11.7. The molecule has 1 aliphatic heterocycles. The van der Waals surface area contributed by atoms with Crippen LogP contribution in [-0.2, 0) is 9.47 Å². The second kappa shape index (κ2) is 9.23. The Kier molecular flexibility index (Phi) is 7.84. The van der Waals surface area contributed by atoms with Crippen molar-refractivity contribution in [2.75, 3.05) is 31.2 Å². The summed E-state index contributed by atoms with van der Waals surface area (Å²) in [5.74, 6) is 0.834. The Morgan fingerprint density at radius 3 is 2.24 bits per heavy atom. The van der Waals surface area contributed by atoms with Crippen molar-refractivity contribution in [3.8, 4) is 0 Å². The minimum Gasteiger partial charge on any atom is -0.443 e. The third kappa shape index (κ3) is 6.24. The molecule has 0 spiro atoms. The fraction of sp³-hybridized carbons (Fsp3) is 0.471. The molecule has 2 rings (SSSR count). The standard InChI is InChI=1S/C17H21BrI2N2O3/c1-17(2,3)25-16(23)22(13-6-4-12(18)5-7-13)15(14(19)20)21-8-10-24-11-9-21/h4-7H,8-11H2,1-3H3. The largest absolute Gasteiger partial charge is 0.443 e. The van der Waals surface area contributed by atoms with E-state index in [0.717, 1.165) is 30.7 Å². The Morgan fingerprint density at radius 1 is 1.20 bits per heavy atom. The molecule has 0 bridgehead atoms. The second-order valence-electron chi connectivity index (χ2n) is 6.48. The minimum absolute atomic E-state index is 0.387. The number of nitrogens with zero attached hydrogens (tertiary/aromatic N) is 2. The number of hydrogen-bond acceptors (Lipinski definition) is 4. The van der Waals surface area contributed by atoms with Gasteiger partial charge in [-0.05, 0) is 90.2 Å². The number of morpholine rings is 1. The summed E-state index contributed by atoms with van der Waals surface area (Å²) in [5, 5.41) is 0. The van der Waals surface area contributed by atoms with Gasteiger partial charge in [-0.3, -0.25) is 0 Å². The van der Waals surface area contributed by atoms with Gasteiger partial charge < -0.3 is 14.4 Å². The number of anilines is 1. The monoisotopic (exact) mass is 634 g/mol. The van der Waals surface area contributed by atoms with Crippen molar-refractivity contribution in [2.45, 2.75) is 26.4 Å². The van der Waals surface area contributed by atoms with Gasteiger partial charge in [-0.15, -0.1) is 0 Å². The highest BCUT2D eigenvalue weighted by molar-refractivity contribution is 14.2. The zero-order valence-electron chi connectivity index (χ0n) is 14.4. The molecule has 5 nitrogen and oxygen atoms in total. The minimum atomic E-state index is -0.572. The van der Waals surface area contributed by atoms with Crippen molar-refractivity contribution in [2.24, 2.45) is 0 Å². The van der Waals surface area contributed by atoms with Gasteiger partial charge in [0, 0.05) is 17.6 Å². The predicted octanol–water partition coefficient (Wildman–Crippen LogP) is 5.52. The molecule has 0 radical (unpaired) electrons. The SMILES string of the molecule is CC(C)(C)OC(=O)N(C(=C(I)I)N1CCOCC1)c1ccc(Br)cc1. The second-order valence-corrected chi connectivity index (χ2v) is 11.6. The molecule has 25 heavy (non-hydrogen) atoms. The van der Waals surface area contributed by atoms with Crippen LogP contribution in [0.5, 0.6) is 0 Å². The Bertz CT molecular complexity index is 634. The number of halogens is 3. The lowest BCUT2D eigenvalue weighted by atomic mass is 10.2. The van der Waals surface area contributed by atoms with Crippen LogP contribution < -0.4 is 4.90 Å². The zero-order valence-corrected chi connectivity index (χ0v) is 20.3. The van der Waals surface area contributed by atoms with Crippen LogP contribution in [0.2, 0.25) is 0 Å². The lowest BCUT2D eigenvalue weighted by Crippen LogP contribution is -2.46. The zero-order chi connectivity index (χ0) is 18.6. The van der Waals surface area contributed by atoms with E-state index in [4.69, 9.17) is 9.47 Å². The molecule has 0 saturated carbocycles. The molecule has 1 saturated heterocycles. The Hall–Kier alpha value is -0.0700. The van der Waals surface area contributed by atoms with E-state index in [1.54, 1.807) is 4.90 Å². The number of hydrogen-bond donors (Lipinski definition) is 0. The number of carbonyl (C=O) groups is 1. The van der Waals surface area contributed by atoms with Gasteiger partial charge in [-0.25, -0.2) is 9.69 Å². The fourth-order valence-corrected chi connectivity index (χ4v) is 3.76. The topological polar surface area (TPSA) is 42.0 Å². The van der Waals surface area contributed by atoms with Gasteiger partial charge in [0.25, 0.3) is 0 Å². The van der Waals surface area contributed by atoms with Gasteiger partial charge in [0.05, 0.1) is 20.5 Å². The average molecular weight is 635 g/mol. The molecule has 1 aromatic rings. The maximum Gasteiger partial charge on any atom is 0.420 e. The summed E-state index contributed by atoms with van der Waals surface area (Å²) in [4.78, 5) is 16.8. The van der Waals surface area contributed by atoms with Gasteiger partial charge >= 0.3 is 6.09 Å². The molecule has 0 N–H and O–H groups in total. The summed E-state index contributed by atoms with van der Waals surface area (Å²) in [6, 6.07) is 7.66. The van der Waals surface area contributed by atoms with Gasteiger partial charge in [-0.1, -0.05) is 15.9 Å². The van der Waals surface area contributed by atoms with E-state index < -0.39 is 5.60 Å². The van der Waals surface area contributed by atoms with Gasteiger partial charge in [-0.2, -0.15) is 0 Å². The van der Waals surface area contributed by atoms with Crippen molar-refractivity contribution < 1.29 is 14.3 Å². The number of rotatable bonds is 3. The third-order valence-corrected chi connectivity index (χ3v) is 4.85. The Balaban J connectivity index is 2.46. The molecule has 1 aliphatic rings. The summed E-state index contributed by atoms with van der Waals surface area (Å²) in [6.45, 7) is 8.38. The number of ether oxygens (including phenoxy) is 2. The van der Waals surface area contributed by atoms with Crippen molar-refractivity contribution in [1.82, 2.24) is 4.90 Å². The first-order valence-corrected chi connectivity index (χ1v) is 10.8. The van der Waals surface area contributed by atoms with Crippen LogP contribution in [0, 0.1) is 0 Å². The maximum absolute atomic E-state index is 13.0. The van der Waals surface area contributed by atoms with E-state index in [0.29, 0.717) is 13.2 Å². The number of carbonyl (C=O) groups excluding carboxylic acids is 1. The highest BCUT2D eigenvalue weighted by Gasteiger charge is 2.31. The third-order valence-electron chi connectivity index (χ3n) is 3.35. The molecular formula is C17H21BrI2N2O3. The molecule has 1 aromatic carbocycles. The lowest BCUT2D eigenvalue weighted by molar-refractivity contribution is 0.0445. The molecule has 1 amide bonds. The van der Waals surface area contributed by atoms with Gasteiger partial charge in [0.1, 0.15) is 11.4 Å². The van der Waals surface area contributed by atoms with Crippen LogP contribution in [-0.4, -0.2) is 42.9 Å². The molecule has 138 valence electrons. The van der Waals surface area contributed by atoms with Crippen LogP contribution in [0.1, 0.15) is 20.8 Å². The number of amides is 1. The predicted molar refractivity (Wildman–Crippen MR) is 120 cm³/mol. The molecule has 0 atom stereocenters.